The number of hydrogen-bond donors (Lipinski definition) is 6. The maximum Gasteiger partial charge on any atom is 0.255 e. The third-order valence-electron chi connectivity index (χ3n) is 13.8. The van der Waals surface area contributed by atoms with E-state index in [4.69, 9.17) is 32.7 Å². The number of carbonyl (C=O) groups excluding carboxylic acids is 6. The first kappa shape index (κ1) is 46.2. The highest BCUT2D eigenvalue weighted by Crippen LogP contribution is 2.63. The Labute approximate surface area is 396 Å². The quantitative estimate of drug-likeness (QED) is 0.0603. The van der Waals surface area contributed by atoms with Gasteiger partial charge in [-0.1, -0.05) is 66.7 Å². The molecule has 350 valence electrons. The molecule has 4 atom stereocenters. The van der Waals surface area contributed by atoms with Gasteiger partial charge in [-0.2, -0.15) is 0 Å². The van der Waals surface area contributed by atoms with Crippen molar-refractivity contribution in [3.63, 3.8) is 0 Å². The van der Waals surface area contributed by atoms with Crippen LogP contribution in [0.25, 0.3) is 0 Å². The Bertz CT molecular complexity index is 2630. The number of anilines is 3. The zero-order chi connectivity index (χ0) is 46.9. The van der Waals surface area contributed by atoms with Gasteiger partial charge in [0.2, 0.25) is 23.6 Å². The molecule has 3 fully saturated rings. The second-order valence-corrected chi connectivity index (χ2v) is 18.4. The van der Waals surface area contributed by atoms with E-state index < -0.39 is 46.6 Å². The van der Waals surface area contributed by atoms with Crippen molar-refractivity contribution in [1.82, 2.24) is 20.9 Å². The average Bonchev–Trinajstić information content (AvgIpc) is 3.91. The first-order valence-electron chi connectivity index (χ1n) is 22.6. The summed E-state index contributed by atoms with van der Waals surface area (Å²) in [5.74, 6) is -3.82. The monoisotopic (exact) mass is 953 g/mol. The molecule has 6 amide bonds. The normalized spacial score (nSPS) is 22.7. The Kier molecular flexibility index (Phi) is 13.4. The molecule has 0 bridgehead atoms. The molecule has 15 nitrogen and oxygen atoms in total. The number of piperidine rings is 1. The van der Waals surface area contributed by atoms with Crippen LogP contribution in [-0.4, -0.2) is 97.5 Å². The largest absolute Gasteiger partial charge is 0.382 e. The summed E-state index contributed by atoms with van der Waals surface area (Å²) in [5.41, 5.74) is 1.98. The minimum Gasteiger partial charge on any atom is -0.382 e. The van der Waals surface area contributed by atoms with Crippen molar-refractivity contribution in [3.8, 4) is 0 Å². The number of halogens is 3. The van der Waals surface area contributed by atoms with Crippen LogP contribution in [0.1, 0.15) is 88.3 Å². The van der Waals surface area contributed by atoms with E-state index in [1.165, 1.54) is 11.0 Å². The van der Waals surface area contributed by atoms with E-state index >= 15 is 4.39 Å². The maximum atomic E-state index is 16.2. The van der Waals surface area contributed by atoms with Gasteiger partial charge in [0.15, 0.2) is 0 Å². The van der Waals surface area contributed by atoms with Crippen molar-refractivity contribution in [2.45, 2.75) is 80.4 Å². The minimum absolute atomic E-state index is 0.112. The maximum absolute atomic E-state index is 16.2. The lowest BCUT2D eigenvalue weighted by Gasteiger charge is -2.47. The number of fused-ring (bicyclic) bond motifs is 4. The van der Waals surface area contributed by atoms with Gasteiger partial charge < -0.3 is 35.6 Å². The van der Waals surface area contributed by atoms with Crippen LogP contribution in [0.3, 0.4) is 0 Å². The van der Waals surface area contributed by atoms with Crippen LogP contribution in [0.4, 0.5) is 21.5 Å². The summed E-state index contributed by atoms with van der Waals surface area (Å²) in [6, 6.07) is 19.9. The van der Waals surface area contributed by atoms with Gasteiger partial charge in [0.05, 0.1) is 37.5 Å². The number of nitrogens with one attached hydrogen (secondary N) is 6. The Hall–Kier alpha value is -5.91. The van der Waals surface area contributed by atoms with Crippen molar-refractivity contribution in [1.29, 1.82) is 0 Å². The first-order chi connectivity index (χ1) is 32.4. The number of hydrogen-bond acceptors (Lipinski definition) is 10. The fraction of sp³-hybridized carbons (Fsp3) is 0.388. The summed E-state index contributed by atoms with van der Waals surface area (Å²) in [6.45, 7) is 2.21. The SMILES string of the molecule is O=C1CCC(N2Cc3c(NCCOCCOCCNC(=O)c4ccc(NC(=O)[C@@H]5NC6(CCCCC6)[C@@]6(C(=O)Nc7cc(Cl)ccc76)[C@H]5c5cccc(Cl)c5F)cc4)cccc3C2=O)C(=O)N1. The molecule has 2 saturated heterocycles. The van der Waals surface area contributed by atoms with Crippen LogP contribution in [0.2, 0.25) is 10.0 Å². The smallest absolute Gasteiger partial charge is 0.255 e. The Morgan fingerprint density at radius 1 is 0.851 bits per heavy atom. The molecule has 9 rings (SSSR count). The molecule has 4 aromatic carbocycles. The van der Waals surface area contributed by atoms with E-state index in [2.05, 4.69) is 31.9 Å². The molecule has 4 aromatic rings. The van der Waals surface area contributed by atoms with E-state index in [1.54, 1.807) is 60.7 Å². The van der Waals surface area contributed by atoms with Gasteiger partial charge in [0.25, 0.3) is 11.8 Å². The van der Waals surface area contributed by atoms with Gasteiger partial charge in [0, 0.05) is 76.3 Å². The van der Waals surface area contributed by atoms with Gasteiger partial charge in [-0.25, -0.2) is 4.39 Å². The van der Waals surface area contributed by atoms with Crippen LogP contribution < -0.4 is 31.9 Å². The van der Waals surface area contributed by atoms with Gasteiger partial charge in [-0.05, 0) is 85.0 Å². The molecule has 18 heteroatoms. The minimum atomic E-state index is -1.36. The van der Waals surface area contributed by atoms with Crippen molar-refractivity contribution in [3.05, 3.63) is 123 Å². The van der Waals surface area contributed by atoms with Gasteiger partial charge in [-0.3, -0.25) is 39.4 Å². The predicted molar refractivity (Wildman–Crippen MR) is 249 cm³/mol. The second kappa shape index (κ2) is 19.4. The predicted octanol–water partition coefficient (Wildman–Crippen LogP) is 6.06. The fourth-order valence-electron chi connectivity index (χ4n) is 10.8. The number of imide groups is 1. The molecular weight excluding hydrogens is 904 g/mol. The van der Waals surface area contributed by atoms with Crippen molar-refractivity contribution in [2.24, 2.45) is 0 Å². The van der Waals surface area contributed by atoms with Crippen LogP contribution in [0.5, 0.6) is 0 Å². The van der Waals surface area contributed by atoms with Gasteiger partial charge in [-0.15, -0.1) is 0 Å². The van der Waals surface area contributed by atoms with E-state index in [0.717, 1.165) is 30.5 Å². The fourth-order valence-corrected chi connectivity index (χ4v) is 11.2. The number of rotatable bonds is 15. The third kappa shape index (κ3) is 8.65. The number of benzene rings is 4. The van der Waals surface area contributed by atoms with Crippen LogP contribution >= 0.6 is 23.2 Å². The molecule has 4 aliphatic heterocycles. The molecule has 1 unspecified atom stereocenters. The summed E-state index contributed by atoms with van der Waals surface area (Å²) >= 11 is 12.8. The van der Waals surface area contributed by atoms with Crippen LogP contribution in [-0.2, 0) is 40.6 Å². The summed E-state index contributed by atoms with van der Waals surface area (Å²) < 4.78 is 27.6. The topological polar surface area (TPSA) is 196 Å². The molecular formula is C49H50Cl2FN7O8. The zero-order valence-corrected chi connectivity index (χ0v) is 38.0. The van der Waals surface area contributed by atoms with Gasteiger partial charge in [0.1, 0.15) is 17.3 Å². The highest BCUT2D eigenvalue weighted by Gasteiger charge is 2.72. The zero-order valence-electron chi connectivity index (χ0n) is 36.5. The molecule has 67 heavy (non-hydrogen) atoms. The Morgan fingerprint density at radius 3 is 2.36 bits per heavy atom. The summed E-state index contributed by atoms with van der Waals surface area (Å²) in [7, 11) is 0. The highest BCUT2D eigenvalue weighted by molar-refractivity contribution is 6.31. The number of carbonyl (C=O) groups is 6. The van der Waals surface area contributed by atoms with E-state index in [9.17, 15) is 28.8 Å². The van der Waals surface area contributed by atoms with E-state index in [1.807, 2.05) is 12.1 Å². The molecule has 5 aliphatic rings. The molecule has 4 heterocycles. The Balaban J connectivity index is 0.752. The van der Waals surface area contributed by atoms with Gasteiger partial charge >= 0.3 is 0 Å². The average molecular weight is 955 g/mol. The van der Waals surface area contributed by atoms with Crippen molar-refractivity contribution < 1.29 is 42.6 Å². The molecule has 0 radical (unpaired) electrons. The molecule has 1 aliphatic carbocycles. The summed E-state index contributed by atoms with van der Waals surface area (Å²) in [5, 5.41) is 18.4. The standard InChI is InChI=1S/C49H50Cl2FN7O8/c50-29-12-15-34-37(26-29)56-47(65)49(34)40(32-7-4-8-35(51)41(32)52)42(58-48(49)18-2-1-3-19-48)45(63)55-30-13-10-28(11-14-30)43(61)54-21-23-67-25-24-66-22-20-53-36-9-5-6-31-33(36)27-59(46(31)64)38-16-17-39(60)57-44(38)62/h4-15,26,38,40,42,53,58H,1-3,16-25,27H2,(H,54,61)(H,55,63)(H,56,65)(H,57,60,62)/t38?,40-,42+,49+/m0/s1. The summed E-state index contributed by atoms with van der Waals surface area (Å²) in [4.78, 5) is 80.7. The number of ether oxygens (including phenoxy) is 2. The van der Waals surface area contributed by atoms with E-state index in [-0.39, 0.29) is 60.3 Å². The molecule has 1 saturated carbocycles. The van der Waals surface area contributed by atoms with Crippen molar-refractivity contribution in [2.75, 3.05) is 55.5 Å². The molecule has 0 aromatic heterocycles. The van der Waals surface area contributed by atoms with Crippen LogP contribution in [0, 0.1) is 5.82 Å². The molecule has 2 spiro atoms. The molecule has 6 N–H and O–H groups in total. The van der Waals surface area contributed by atoms with Crippen LogP contribution in [0.15, 0.2) is 78.9 Å². The highest BCUT2D eigenvalue weighted by atomic mass is 35.5. The lowest BCUT2D eigenvalue weighted by atomic mass is 9.55. The van der Waals surface area contributed by atoms with E-state index in [0.29, 0.717) is 78.7 Å². The van der Waals surface area contributed by atoms with Crippen molar-refractivity contribution >= 4 is 75.7 Å². The number of nitrogens with zero attached hydrogens (tertiary/aromatic N) is 1. The first-order valence-corrected chi connectivity index (χ1v) is 23.4. The third-order valence-corrected chi connectivity index (χ3v) is 14.3. The number of amides is 6. The lowest BCUT2D eigenvalue weighted by Crippen LogP contribution is -2.60. The lowest BCUT2D eigenvalue weighted by molar-refractivity contribution is -0.137. The Morgan fingerprint density at radius 2 is 1.60 bits per heavy atom. The second-order valence-electron chi connectivity index (χ2n) is 17.5. The summed E-state index contributed by atoms with van der Waals surface area (Å²) in [6.07, 6.45) is 4.26.